The molecule has 1 unspecified atom stereocenters. The van der Waals surface area contributed by atoms with Gasteiger partial charge in [0, 0.05) is 0 Å². The van der Waals surface area contributed by atoms with Crippen LogP contribution in [0, 0.1) is 0 Å². The Bertz CT molecular complexity index is 37.3. The SMILES string of the molecule is CC[Si](C)(C)P. The molecule has 0 aliphatic heterocycles. The first-order chi connectivity index (χ1) is 2.56. The van der Waals surface area contributed by atoms with Crippen molar-refractivity contribution in [3.05, 3.63) is 0 Å². The molecule has 1 atom stereocenters. The van der Waals surface area contributed by atoms with E-state index in [1.165, 1.54) is 6.04 Å². The fourth-order valence-electron chi connectivity index (χ4n) is 0. The summed E-state index contributed by atoms with van der Waals surface area (Å²) in [6, 6.07) is 1.37. The fraction of sp³-hybridized carbons (Fsp3) is 1.00. The molecule has 0 aromatic carbocycles. The van der Waals surface area contributed by atoms with Crippen LogP contribution in [0.5, 0.6) is 0 Å². The predicted molar refractivity (Wildman–Crippen MR) is 37.7 cm³/mol. The average molecular weight is 120 g/mol. The summed E-state index contributed by atoms with van der Waals surface area (Å²) in [5.74, 6) is 0. The summed E-state index contributed by atoms with van der Waals surface area (Å²) in [6.07, 6.45) is 0. The fourth-order valence-corrected chi connectivity index (χ4v) is 0. The molecule has 0 saturated carbocycles. The van der Waals surface area contributed by atoms with Crippen molar-refractivity contribution in [2.24, 2.45) is 0 Å². The van der Waals surface area contributed by atoms with Gasteiger partial charge >= 0.3 is 0 Å². The minimum absolute atomic E-state index is 0.715. The molecule has 0 fully saturated rings. The van der Waals surface area contributed by atoms with Crippen LogP contribution in [0.3, 0.4) is 0 Å². The molecule has 0 nitrogen and oxygen atoms in total. The Kier molecular flexibility index (Phi) is 2.31. The second-order valence-corrected chi connectivity index (χ2v) is 11.7. The standard InChI is InChI=1S/C4H13PSi/c1-4-6(2,3)5/h4-5H2,1-3H3. The van der Waals surface area contributed by atoms with Gasteiger partial charge in [-0.2, -0.15) is 0 Å². The summed E-state index contributed by atoms with van der Waals surface area (Å²) < 4.78 is 0. The lowest BCUT2D eigenvalue weighted by Gasteiger charge is -2.09. The summed E-state index contributed by atoms with van der Waals surface area (Å²) >= 11 is 0. The highest BCUT2D eigenvalue weighted by Crippen LogP contribution is 2.14. The molecule has 0 N–H and O–H groups in total. The van der Waals surface area contributed by atoms with Gasteiger partial charge in [0.05, 0.1) is 7.74 Å². The van der Waals surface area contributed by atoms with Crippen LogP contribution in [0.25, 0.3) is 0 Å². The first-order valence-corrected chi connectivity index (χ1v) is 7.37. The second-order valence-electron chi connectivity index (χ2n) is 2.34. The van der Waals surface area contributed by atoms with Crippen LogP contribution < -0.4 is 0 Å². The zero-order chi connectivity index (χ0) is 5.21. The van der Waals surface area contributed by atoms with E-state index >= 15 is 0 Å². The van der Waals surface area contributed by atoms with Crippen LogP contribution in [0.4, 0.5) is 0 Å². The third-order valence-electron chi connectivity index (χ3n) is 0.911. The van der Waals surface area contributed by atoms with Crippen LogP contribution in [-0.4, -0.2) is 7.74 Å². The van der Waals surface area contributed by atoms with Gasteiger partial charge in [-0.15, -0.1) is 8.79 Å². The van der Waals surface area contributed by atoms with Gasteiger partial charge in [-0.3, -0.25) is 0 Å². The van der Waals surface area contributed by atoms with Gasteiger partial charge in [-0.1, -0.05) is 26.1 Å². The molecule has 0 saturated heterocycles. The molecule has 0 bridgehead atoms. The Morgan fingerprint density at radius 3 is 1.67 bits per heavy atom. The molecule has 0 rings (SSSR count). The molecule has 0 heterocycles. The normalized spacial score (nSPS) is 12.0. The highest BCUT2D eigenvalue weighted by molar-refractivity contribution is 7.68. The van der Waals surface area contributed by atoms with Gasteiger partial charge in [-0.05, 0) is 0 Å². The molecule has 38 valence electrons. The summed E-state index contributed by atoms with van der Waals surface area (Å²) in [5, 5.41) is 0. The van der Waals surface area contributed by atoms with E-state index in [2.05, 4.69) is 28.8 Å². The maximum absolute atomic E-state index is 2.93. The van der Waals surface area contributed by atoms with Crippen molar-refractivity contribution in [3.63, 3.8) is 0 Å². The van der Waals surface area contributed by atoms with Gasteiger partial charge in [0.25, 0.3) is 0 Å². The largest absolute Gasteiger partial charge is 0.149 e. The summed E-state index contributed by atoms with van der Waals surface area (Å²) in [4.78, 5) is 0. The highest BCUT2D eigenvalue weighted by Gasteiger charge is 2.07. The molecular weight excluding hydrogens is 107 g/mol. The van der Waals surface area contributed by atoms with E-state index < -0.39 is 7.74 Å². The Balaban J connectivity index is 3.17. The molecule has 0 radical (unpaired) electrons. The van der Waals surface area contributed by atoms with Crippen molar-refractivity contribution in [3.8, 4) is 0 Å². The lowest BCUT2D eigenvalue weighted by atomic mass is 11.0. The van der Waals surface area contributed by atoms with Crippen LogP contribution in [0.1, 0.15) is 6.92 Å². The molecule has 0 spiro atoms. The average Bonchev–Trinajstić information content (AvgIpc) is 1.35. The van der Waals surface area contributed by atoms with Crippen molar-refractivity contribution in [1.82, 2.24) is 0 Å². The van der Waals surface area contributed by atoms with Crippen LogP contribution in [0.2, 0.25) is 19.1 Å². The first-order valence-electron chi connectivity index (χ1n) is 2.35. The van der Waals surface area contributed by atoms with Crippen molar-refractivity contribution >= 4 is 16.5 Å². The van der Waals surface area contributed by atoms with Crippen molar-refractivity contribution in [2.45, 2.75) is 26.1 Å². The Morgan fingerprint density at radius 1 is 1.50 bits per heavy atom. The Hall–Kier alpha value is 0.647. The van der Waals surface area contributed by atoms with Crippen LogP contribution >= 0.6 is 8.79 Å². The van der Waals surface area contributed by atoms with Crippen LogP contribution in [-0.2, 0) is 0 Å². The van der Waals surface area contributed by atoms with Crippen LogP contribution in [0.15, 0.2) is 0 Å². The molecule has 0 aliphatic carbocycles. The van der Waals surface area contributed by atoms with Gasteiger partial charge < -0.3 is 0 Å². The van der Waals surface area contributed by atoms with Gasteiger partial charge in [0.2, 0.25) is 0 Å². The lowest BCUT2D eigenvalue weighted by molar-refractivity contribution is 1.40. The third kappa shape index (κ3) is 4.65. The second kappa shape index (κ2) is 2.09. The molecular formula is C4H13PSi. The van der Waals surface area contributed by atoms with Crippen molar-refractivity contribution in [1.29, 1.82) is 0 Å². The van der Waals surface area contributed by atoms with E-state index in [0.717, 1.165) is 0 Å². The van der Waals surface area contributed by atoms with E-state index in [-0.39, 0.29) is 0 Å². The van der Waals surface area contributed by atoms with E-state index in [1.54, 1.807) is 0 Å². The zero-order valence-corrected chi connectivity index (χ0v) is 6.94. The number of rotatable bonds is 1. The monoisotopic (exact) mass is 120 g/mol. The third-order valence-corrected chi connectivity index (χ3v) is 3.96. The molecule has 0 aromatic rings. The summed E-state index contributed by atoms with van der Waals surface area (Å²) in [6.45, 7) is 6.94. The quantitative estimate of drug-likeness (QED) is 0.367. The number of hydrogen-bond acceptors (Lipinski definition) is 0. The molecule has 0 amide bonds. The predicted octanol–water partition coefficient (Wildman–Crippen LogP) is 2.09. The first kappa shape index (κ1) is 6.65. The van der Waals surface area contributed by atoms with E-state index in [0.29, 0.717) is 0 Å². The zero-order valence-electron chi connectivity index (χ0n) is 4.78. The molecule has 0 aromatic heterocycles. The molecule has 0 aliphatic rings. The minimum atomic E-state index is -0.715. The van der Waals surface area contributed by atoms with Crippen molar-refractivity contribution in [2.75, 3.05) is 0 Å². The smallest absolute Gasteiger partial charge is 0.0681 e. The minimum Gasteiger partial charge on any atom is -0.149 e. The topological polar surface area (TPSA) is 0 Å². The number of hydrogen-bond donors (Lipinski definition) is 0. The molecule has 6 heavy (non-hydrogen) atoms. The van der Waals surface area contributed by atoms with E-state index in [4.69, 9.17) is 0 Å². The van der Waals surface area contributed by atoms with Gasteiger partial charge in [0.15, 0.2) is 0 Å². The van der Waals surface area contributed by atoms with Gasteiger partial charge in [0.1, 0.15) is 0 Å². The highest BCUT2D eigenvalue weighted by atomic mass is 31.3. The maximum Gasteiger partial charge on any atom is 0.0681 e. The van der Waals surface area contributed by atoms with Crippen molar-refractivity contribution < 1.29 is 0 Å². The summed E-state index contributed by atoms with van der Waals surface area (Å²) in [5.41, 5.74) is 0. The summed E-state index contributed by atoms with van der Waals surface area (Å²) in [7, 11) is 2.22. The molecule has 2 heteroatoms. The Morgan fingerprint density at radius 2 is 1.67 bits per heavy atom. The van der Waals surface area contributed by atoms with E-state index in [9.17, 15) is 0 Å². The van der Waals surface area contributed by atoms with E-state index in [1.807, 2.05) is 0 Å². The lowest BCUT2D eigenvalue weighted by Crippen LogP contribution is -2.11. The van der Waals surface area contributed by atoms with Gasteiger partial charge in [-0.25, -0.2) is 0 Å². The Labute approximate surface area is 43.4 Å². The maximum atomic E-state index is 2.93.